The zero-order valence-electron chi connectivity index (χ0n) is 10.00. The normalized spacial score (nSPS) is 27.6. The number of rotatable bonds is 3. The van der Waals surface area contributed by atoms with Crippen LogP contribution < -0.4 is 5.73 Å². The fourth-order valence-corrected chi connectivity index (χ4v) is 2.01. The van der Waals surface area contributed by atoms with Crippen LogP contribution in [0, 0.1) is 11.8 Å². The monoisotopic (exact) mass is 198 g/mol. The molecule has 84 valence electrons. The molecule has 0 aromatic carbocycles. The molecule has 1 rings (SSSR count). The molecule has 0 aliphatic carbocycles. The van der Waals surface area contributed by atoms with Crippen molar-refractivity contribution in [3.8, 4) is 0 Å². The SMILES string of the molecule is CC1CCCN(C[C@H](N)C(C)C)CC1. The van der Waals surface area contributed by atoms with Crippen molar-refractivity contribution < 1.29 is 0 Å². The molecule has 2 atom stereocenters. The van der Waals surface area contributed by atoms with Crippen LogP contribution in [0.1, 0.15) is 40.0 Å². The summed E-state index contributed by atoms with van der Waals surface area (Å²) in [6, 6.07) is 0.350. The lowest BCUT2D eigenvalue weighted by Crippen LogP contribution is -2.41. The molecule has 1 unspecified atom stereocenters. The number of nitrogens with two attached hydrogens (primary N) is 1. The number of likely N-dealkylation sites (tertiary alicyclic amines) is 1. The summed E-state index contributed by atoms with van der Waals surface area (Å²) in [5.41, 5.74) is 6.09. The van der Waals surface area contributed by atoms with E-state index in [1.807, 2.05) is 0 Å². The Morgan fingerprint density at radius 1 is 1.29 bits per heavy atom. The average molecular weight is 198 g/mol. The van der Waals surface area contributed by atoms with Crippen LogP contribution in [0.25, 0.3) is 0 Å². The van der Waals surface area contributed by atoms with Gasteiger partial charge in [-0.05, 0) is 44.2 Å². The van der Waals surface area contributed by atoms with Gasteiger partial charge in [0.1, 0.15) is 0 Å². The molecule has 1 aliphatic rings. The molecule has 1 saturated heterocycles. The number of hydrogen-bond donors (Lipinski definition) is 1. The molecule has 14 heavy (non-hydrogen) atoms. The van der Waals surface area contributed by atoms with E-state index in [2.05, 4.69) is 25.7 Å². The molecule has 2 N–H and O–H groups in total. The predicted octanol–water partition coefficient (Wildman–Crippen LogP) is 2.09. The van der Waals surface area contributed by atoms with Gasteiger partial charge >= 0.3 is 0 Å². The Kier molecular flexibility index (Phi) is 4.90. The Labute approximate surface area is 88.8 Å². The highest BCUT2D eigenvalue weighted by molar-refractivity contribution is 4.74. The summed E-state index contributed by atoms with van der Waals surface area (Å²) in [5, 5.41) is 0. The van der Waals surface area contributed by atoms with Gasteiger partial charge in [-0.3, -0.25) is 0 Å². The van der Waals surface area contributed by atoms with Crippen molar-refractivity contribution in [2.45, 2.75) is 46.1 Å². The maximum Gasteiger partial charge on any atom is 0.0191 e. The van der Waals surface area contributed by atoms with E-state index in [0.29, 0.717) is 12.0 Å². The maximum absolute atomic E-state index is 6.09. The second kappa shape index (κ2) is 5.72. The Balaban J connectivity index is 2.30. The van der Waals surface area contributed by atoms with Gasteiger partial charge in [0.05, 0.1) is 0 Å². The molecule has 0 saturated carbocycles. The van der Waals surface area contributed by atoms with Crippen molar-refractivity contribution in [2.75, 3.05) is 19.6 Å². The van der Waals surface area contributed by atoms with E-state index in [0.717, 1.165) is 12.5 Å². The molecule has 0 aromatic rings. The van der Waals surface area contributed by atoms with Crippen LogP contribution in [0.5, 0.6) is 0 Å². The molecule has 0 spiro atoms. The second-order valence-electron chi connectivity index (χ2n) is 5.24. The fourth-order valence-electron chi connectivity index (χ4n) is 2.01. The Morgan fingerprint density at radius 2 is 2.00 bits per heavy atom. The molecule has 1 heterocycles. The van der Waals surface area contributed by atoms with E-state index in [-0.39, 0.29) is 0 Å². The van der Waals surface area contributed by atoms with Crippen molar-refractivity contribution in [2.24, 2.45) is 17.6 Å². The van der Waals surface area contributed by atoms with E-state index in [1.54, 1.807) is 0 Å². The van der Waals surface area contributed by atoms with Gasteiger partial charge in [-0.2, -0.15) is 0 Å². The minimum absolute atomic E-state index is 0.350. The van der Waals surface area contributed by atoms with Crippen LogP contribution in [-0.4, -0.2) is 30.6 Å². The minimum atomic E-state index is 0.350. The summed E-state index contributed by atoms with van der Waals surface area (Å²) in [6.07, 6.45) is 4.10. The first-order valence-electron chi connectivity index (χ1n) is 6.07. The zero-order valence-corrected chi connectivity index (χ0v) is 10.00. The first-order valence-corrected chi connectivity index (χ1v) is 6.07. The van der Waals surface area contributed by atoms with Crippen LogP contribution in [-0.2, 0) is 0 Å². The minimum Gasteiger partial charge on any atom is -0.326 e. The van der Waals surface area contributed by atoms with Gasteiger partial charge in [0.15, 0.2) is 0 Å². The van der Waals surface area contributed by atoms with Gasteiger partial charge in [0.2, 0.25) is 0 Å². The molecule has 1 fully saturated rings. The highest BCUT2D eigenvalue weighted by Gasteiger charge is 2.17. The summed E-state index contributed by atoms with van der Waals surface area (Å²) < 4.78 is 0. The number of nitrogens with zero attached hydrogens (tertiary/aromatic N) is 1. The quantitative estimate of drug-likeness (QED) is 0.752. The lowest BCUT2D eigenvalue weighted by molar-refractivity contribution is 0.244. The maximum atomic E-state index is 6.09. The molecule has 0 amide bonds. The van der Waals surface area contributed by atoms with Gasteiger partial charge in [-0.25, -0.2) is 0 Å². The van der Waals surface area contributed by atoms with Crippen molar-refractivity contribution in [1.29, 1.82) is 0 Å². The summed E-state index contributed by atoms with van der Waals surface area (Å²) >= 11 is 0. The van der Waals surface area contributed by atoms with Crippen molar-refractivity contribution >= 4 is 0 Å². The first-order chi connectivity index (χ1) is 6.59. The number of hydrogen-bond acceptors (Lipinski definition) is 2. The van der Waals surface area contributed by atoms with Gasteiger partial charge < -0.3 is 10.6 Å². The molecule has 0 aromatic heterocycles. The topological polar surface area (TPSA) is 29.3 Å². The first kappa shape index (κ1) is 12.0. The Morgan fingerprint density at radius 3 is 2.64 bits per heavy atom. The fraction of sp³-hybridized carbons (Fsp3) is 1.00. The molecular weight excluding hydrogens is 172 g/mol. The third kappa shape index (κ3) is 3.97. The Hall–Kier alpha value is -0.0800. The summed E-state index contributed by atoms with van der Waals surface area (Å²) in [6.45, 7) is 10.4. The van der Waals surface area contributed by atoms with Gasteiger partial charge in [0.25, 0.3) is 0 Å². The third-order valence-corrected chi connectivity index (χ3v) is 3.43. The summed E-state index contributed by atoms with van der Waals surface area (Å²) in [7, 11) is 0. The van der Waals surface area contributed by atoms with E-state index >= 15 is 0 Å². The van der Waals surface area contributed by atoms with Crippen molar-refractivity contribution in [3.05, 3.63) is 0 Å². The summed E-state index contributed by atoms with van der Waals surface area (Å²) in [5.74, 6) is 1.52. The van der Waals surface area contributed by atoms with E-state index in [4.69, 9.17) is 5.73 Å². The molecule has 0 radical (unpaired) electrons. The lowest BCUT2D eigenvalue weighted by atomic mass is 10.0. The van der Waals surface area contributed by atoms with Gasteiger partial charge in [-0.1, -0.05) is 20.8 Å². The highest BCUT2D eigenvalue weighted by Crippen LogP contribution is 2.16. The van der Waals surface area contributed by atoms with Gasteiger partial charge in [0, 0.05) is 12.6 Å². The van der Waals surface area contributed by atoms with Crippen LogP contribution in [0.4, 0.5) is 0 Å². The van der Waals surface area contributed by atoms with Crippen LogP contribution in [0.2, 0.25) is 0 Å². The Bertz CT molecular complexity index is 156. The molecule has 2 nitrogen and oxygen atoms in total. The van der Waals surface area contributed by atoms with E-state index in [1.165, 1.54) is 32.4 Å². The van der Waals surface area contributed by atoms with Crippen molar-refractivity contribution in [3.63, 3.8) is 0 Å². The lowest BCUT2D eigenvalue weighted by Gasteiger charge is -2.25. The highest BCUT2D eigenvalue weighted by atomic mass is 15.1. The van der Waals surface area contributed by atoms with Crippen LogP contribution in [0.15, 0.2) is 0 Å². The zero-order chi connectivity index (χ0) is 10.6. The molecular formula is C12H26N2. The third-order valence-electron chi connectivity index (χ3n) is 3.43. The van der Waals surface area contributed by atoms with Crippen molar-refractivity contribution in [1.82, 2.24) is 4.90 Å². The van der Waals surface area contributed by atoms with E-state index < -0.39 is 0 Å². The standard InChI is InChI=1S/C12H26N2/c1-10(2)12(13)9-14-7-4-5-11(3)6-8-14/h10-12H,4-9,13H2,1-3H3/t11?,12-/m0/s1. The average Bonchev–Trinajstić information content (AvgIpc) is 2.31. The predicted molar refractivity (Wildman–Crippen MR) is 62.3 cm³/mol. The second-order valence-corrected chi connectivity index (χ2v) is 5.24. The largest absolute Gasteiger partial charge is 0.326 e. The van der Waals surface area contributed by atoms with E-state index in [9.17, 15) is 0 Å². The van der Waals surface area contributed by atoms with Crippen LogP contribution >= 0.6 is 0 Å². The van der Waals surface area contributed by atoms with Crippen LogP contribution in [0.3, 0.4) is 0 Å². The molecule has 0 bridgehead atoms. The molecule has 2 heteroatoms. The smallest absolute Gasteiger partial charge is 0.0191 e. The summed E-state index contributed by atoms with van der Waals surface area (Å²) in [4.78, 5) is 2.55. The van der Waals surface area contributed by atoms with Gasteiger partial charge in [-0.15, -0.1) is 0 Å². The molecule has 1 aliphatic heterocycles.